The first-order chi connectivity index (χ1) is 12.0. The second kappa shape index (κ2) is 6.84. The van der Waals surface area contributed by atoms with Gasteiger partial charge in [-0.15, -0.1) is 0 Å². The van der Waals surface area contributed by atoms with E-state index in [4.69, 9.17) is 4.42 Å². The maximum atomic E-state index is 12.8. The third-order valence-corrected chi connectivity index (χ3v) is 4.28. The molecule has 3 aromatic rings. The van der Waals surface area contributed by atoms with Crippen LogP contribution in [-0.2, 0) is 13.0 Å². The lowest BCUT2D eigenvalue weighted by molar-refractivity contribution is 0.0690. The SMILES string of the molecule is CCc1oc(C(=O)N(CC)Cc2c[nH]c3ccccc23)cc1C(=O)O. The number of furan rings is 1. The third kappa shape index (κ3) is 3.15. The van der Waals surface area contributed by atoms with Gasteiger partial charge in [0.25, 0.3) is 5.91 Å². The van der Waals surface area contributed by atoms with Gasteiger partial charge in [-0.05, 0) is 18.6 Å². The molecule has 130 valence electrons. The zero-order valence-electron chi connectivity index (χ0n) is 14.2. The van der Waals surface area contributed by atoms with E-state index in [1.165, 1.54) is 6.07 Å². The van der Waals surface area contributed by atoms with Gasteiger partial charge in [0.15, 0.2) is 5.76 Å². The summed E-state index contributed by atoms with van der Waals surface area (Å²) in [4.78, 5) is 28.9. The van der Waals surface area contributed by atoms with Crippen molar-refractivity contribution in [1.82, 2.24) is 9.88 Å². The van der Waals surface area contributed by atoms with Gasteiger partial charge < -0.3 is 19.4 Å². The molecule has 6 heteroatoms. The van der Waals surface area contributed by atoms with Crippen molar-refractivity contribution in [3.63, 3.8) is 0 Å². The highest BCUT2D eigenvalue weighted by atomic mass is 16.4. The lowest BCUT2D eigenvalue weighted by Gasteiger charge is -2.19. The summed E-state index contributed by atoms with van der Waals surface area (Å²) < 4.78 is 5.50. The summed E-state index contributed by atoms with van der Waals surface area (Å²) in [6.07, 6.45) is 2.31. The molecular formula is C19H20N2O4. The number of nitrogens with zero attached hydrogens (tertiary/aromatic N) is 1. The van der Waals surface area contributed by atoms with Crippen LogP contribution in [0.25, 0.3) is 10.9 Å². The molecule has 0 saturated carbocycles. The lowest BCUT2D eigenvalue weighted by atomic mass is 10.1. The normalized spacial score (nSPS) is 11.0. The monoisotopic (exact) mass is 340 g/mol. The first-order valence-electron chi connectivity index (χ1n) is 8.25. The first-order valence-corrected chi connectivity index (χ1v) is 8.25. The van der Waals surface area contributed by atoms with Crippen LogP contribution < -0.4 is 0 Å². The number of carboxylic acids is 1. The van der Waals surface area contributed by atoms with E-state index < -0.39 is 5.97 Å². The molecule has 0 radical (unpaired) electrons. The second-order valence-corrected chi connectivity index (χ2v) is 5.79. The van der Waals surface area contributed by atoms with Crippen LogP contribution in [-0.4, -0.2) is 33.4 Å². The summed E-state index contributed by atoms with van der Waals surface area (Å²) in [5, 5.41) is 10.3. The van der Waals surface area contributed by atoms with Crippen LogP contribution in [0.4, 0.5) is 0 Å². The van der Waals surface area contributed by atoms with Gasteiger partial charge >= 0.3 is 5.97 Å². The van der Waals surface area contributed by atoms with Crippen molar-refractivity contribution in [3.8, 4) is 0 Å². The molecule has 0 bridgehead atoms. The van der Waals surface area contributed by atoms with Crippen LogP contribution in [0, 0.1) is 0 Å². The summed E-state index contributed by atoms with van der Waals surface area (Å²) in [6.45, 7) is 4.59. The number of aromatic amines is 1. The van der Waals surface area contributed by atoms with Gasteiger partial charge in [-0.25, -0.2) is 4.79 Å². The smallest absolute Gasteiger partial charge is 0.339 e. The lowest BCUT2D eigenvalue weighted by Crippen LogP contribution is -2.30. The van der Waals surface area contributed by atoms with Crippen molar-refractivity contribution in [2.45, 2.75) is 26.8 Å². The Morgan fingerprint density at radius 1 is 1.24 bits per heavy atom. The molecule has 2 heterocycles. The Kier molecular flexibility index (Phi) is 4.61. The first kappa shape index (κ1) is 16.8. The number of carbonyl (C=O) groups excluding carboxylic acids is 1. The van der Waals surface area contributed by atoms with E-state index in [2.05, 4.69) is 4.98 Å². The van der Waals surface area contributed by atoms with Gasteiger partial charge in [-0.2, -0.15) is 0 Å². The average Bonchev–Trinajstić information content (AvgIpc) is 3.23. The van der Waals surface area contributed by atoms with Crippen LogP contribution in [0.5, 0.6) is 0 Å². The minimum atomic E-state index is -1.08. The second-order valence-electron chi connectivity index (χ2n) is 5.79. The number of carbonyl (C=O) groups is 2. The van der Waals surface area contributed by atoms with Crippen LogP contribution in [0.2, 0.25) is 0 Å². The molecule has 3 rings (SSSR count). The zero-order chi connectivity index (χ0) is 18.0. The summed E-state index contributed by atoms with van der Waals surface area (Å²) >= 11 is 0. The highest BCUT2D eigenvalue weighted by molar-refractivity contribution is 5.96. The van der Waals surface area contributed by atoms with Crippen LogP contribution >= 0.6 is 0 Å². The summed E-state index contributed by atoms with van der Waals surface area (Å²) in [5.41, 5.74) is 2.07. The zero-order valence-corrected chi connectivity index (χ0v) is 14.2. The number of carboxylic acid groups (broad SMARTS) is 1. The van der Waals surface area contributed by atoms with Gasteiger partial charge in [0, 0.05) is 42.7 Å². The highest BCUT2D eigenvalue weighted by Crippen LogP contribution is 2.22. The molecule has 6 nitrogen and oxygen atoms in total. The average molecular weight is 340 g/mol. The number of aryl methyl sites for hydroxylation is 1. The minimum Gasteiger partial charge on any atom is -0.478 e. The topological polar surface area (TPSA) is 86.5 Å². The molecule has 2 N–H and O–H groups in total. The summed E-state index contributed by atoms with van der Waals surface area (Å²) in [7, 11) is 0. The predicted molar refractivity (Wildman–Crippen MR) is 93.8 cm³/mol. The van der Waals surface area contributed by atoms with Crippen molar-refractivity contribution < 1.29 is 19.1 Å². The number of hydrogen-bond donors (Lipinski definition) is 2. The number of aromatic nitrogens is 1. The molecule has 0 aliphatic heterocycles. The number of nitrogens with one attached hydrogen (secondary N) is 1. The Morgan fingerprint density at radius 3 is 2.64 bits per heavy atom. The number of H-pyrrole nitrogens is 1. The number of fused-ring (bicyclic) bond motifs is 1. The molecule has 1 amide bonds. The molecule has 0 fully saturated rings. The molecule has 2 aromatic heterocycles. The van der Waals surface area contributed by atoms with E-state index >= 15 is 0 Å². The molecule has 0 aliphatic rings. The van der Waals surface area contributed by atoms with Crippen molar-refractivity contribution in [3.05, 3.63) is 59.2 Å². The predicted octanol–water partition coefficient (Wildman–Crippen LogP) is 3.68. The highest BCUT2D eigenvalue weighted by Gasteiger charge is 2.24. The summed E-state index contributed by atoms with van der Waals surface area (Å²) in [5.74, 6) is -1.01. The van der Waals surface area contributed by atoms with E-state index in [1.54, 1.807) is 11.8 Å². The Morgan fingerprint density at radius 2 is 2.00 bits per heavy atom. The third-order valence-electron chi connectivity index (χ3n) is 4.28. The summed E-state index contributed by atoms with van der Waals surface area (Å²) in [6, 6.07) is 9.21. The number of rotatable bonds is 6. The van der Waals surface area contributed by atoms with Crippen LogP contribution in [0.15, 0.2) is 40.9 Å². The molecule has 1 aromatic carbocycles. The Hall–Kier alpha value is -3.02. The van der Waals surface area contributed by atoms with Crippen molar-refractivity contribution in [1.29, 1.82) is 0 Å². The minimum absolute atomic E-state index is 0.0500. The molecule has 0 atom stereocenters. The van der Waals surface area contributed by atoms with Gasteiger partial charge in [-0.1, -0.05) is 25.1 Å². The number of para-hydroxylation sites is 1. The number of hydrogen-bond acceptors (Lipinski definition) is 3. The van der Waals surface area contributed by atoms with Crippen molar-refractivity contribution >= 4 is 22.8 Å². The number of amides is 1. The molecule has 0 aliphatic carbocycles. The van der Waals surface area contributed by atoms with Gasteiger partial charge in [0.1, 0.15) is 11.3 Å². The van der Waals surface area contributed by atoms with Crippen LogP contribution in [0.3, 0.4) is 0 Å². The largest absolute Gasteiger partial charge is 0.478 e. The van der Waals surface area contributed by atoms with Crippen molar-refractivity contribution in [2.75, 3.05) is 6.54 Å². The Labute approximate surface area is 145 Å². The van der Waals surface area contributed by atoms with E-state index in [0.717, 1.165) is 16.5 Å². The standard InChI is InChI=1S/C19H20N2O4/c1-3-16-14(19(23)24)9-17(25-16)18(22)21(4-2)11-12-10-20-15-8-6-5-7-13(12)15/h5-10,20H,3-4,11H2,1-2H3,(H,23,24). The molecule has 0 spiro atoms. The molecule has 0 saturated heterocycles. The van der Waals surface area contributed by atoms with E-state index in [0.29, 0.717) is 25.3 Å². The van der Waals surface area contributed by atoms with Gasteiger partial charge in [-0.3, -0.25) is 4.79 Å². The Bertz CT molecular complexity index is 923. The fourth-order valence-electron chi connectivity index (χ4n) is 2.93. The van der Waals surface area contributed by atoms with Crippen molar-refractivity contribution in [2.24, 2.45) is 0 Å². The maximum absolute atomic E-state index is 12.8. The molecule has 25 heavy (non-hydrogen) atoms. The molecule has 0 unspecified atom stereocenters. The molecular weight excluding hydrogens is 320 g/mol. The van der Waals surface area contributed by atoms with E-state index in [1.807, 2.05) is 37.4 Å². The number of benzene rings is 1. The number of aromatic carboxylic acids is 1. The van der Waals surface area contributed by atoms with Gasteiger partial charge in [0.2, 0.25) is 0 Å². The fourth-order valence-corrected chi connectivity index (χ4v) is 2.93. The maximum Gasteiger partial charge on any atom is 0.339 e. The van der Waals surface area contributed by atoms with Crippen LogP contribution in [0.1, 0.15) is 46.1 Å². The van der Waals surface area contributed by atoms with Gasteiger partial charge in [0.05, 0.1) is 0 Å². The fraction of sp³-hybridized carbons (Fsp3) is 0.263. The van der Waals surface area contributed by atoms with E-state index in [-0.39, 0.29) is 17.2 Å². The Balaban J connectivity index is 1.88. The quantitative estimate of drug-likeness (QED) is 0.716. The van der Waals surface area contributed by atoms with E-state index in [9.17, 15) is 14.7 Å².